The van der Waals surface area contributed by atoms with Crippen LogP contribution in [0.3, 0.4) is 0 Å². The topological polar surface area (TPSA) is 64.1 Å². The minimum Gasteiger partial charge on any atom is -0.493 e. The van der Waals surface area contributed by atoms with Crippen molar-refractivity contribution >= 4 is 11.6 Å². The maximum absolute atomic E-state index is 5.74. The molecular formula is C20H35N3O3. The van der Waals surface area contributed by atoms with Crippen molar-refractivity contribution in [2.24, 2.45) is 4.99 Å². The molecule has 0 saturated carbocycles. The Morgan fingerprint density at radius 1 is 1.04 bits per heavy atom. The van der Waals surface area contributed by atoms with Gasteiger partial charge in [-0.25, -0.2) is 0 Å². The highest BCUT2D eigenvalue weighted by molar-refractivity contribution is 5.93. The molecule has 1 aromatic carbocycles. The van der Waals surface area contributed by atoms with E-state index in [0.29, 0.717) is 13.2 Å². The van der Waals surface area contributed by atoms with Crippen LogP contribution in [0.4, 0.5) is 5.69 Å². The van der Waals surface area contributed by atoms with Gasteiger partial charge in [0.15, 0.2) is 5.96 Å². The van der Waals surface area contributed by atoms with Crippen LogP contribution in [0.5, 0.6) is 5.75 Å². The summed E-state index contributed by atoms with van der Waals surface area (Å²) in [7, 11) is 1.70. The van der Waals surface area contributed by atoms with Crippen molar-refractivity contribution in [3.05, 3.63) is 24.3 Å². The van der Waals surface area contributed by atoms with E-state index in [9.17, 15) is 0 Å². The summed E-state index contributed by atoms with van der Waals surface area (Å²) < 4.78 is 16.3. The zero-order valence-electron chi connectivity index (χ0n) is 16.6. The van der Waals surface area contributed by atoms with E-state index in [1.54, 1.807) is 7.11 Å². The second-order valence-corrected chi connectivity index (χ2v) is 5.93. The molecule has 6 heteroatoms. The molecule has 0 amide bonds. The average molecular weight is 366 g/mol. The summed E-state index contributed by atoms with van der Waals surface area (Å²) >= 11 is 0. The van der Waals surface area contributed by atoms with Crippen molar-refractivity contribution in [2.45, 2.75) is 39.5 Å². The molecule has 0 unspecified atom stereocenters. The van der Waals surface area contributed by atoms with Crippen molar-refractivity contribution < 1.29 is 14.2 Å². The van der Waals surface area contributed by atoms with E-state index in [2.05, 4.69) is 29.5 Å². The number of anilines is 1. The Bertz CT molecular complexity index is 495. The van der Waals surface area contributed by atoms with Gasteiger partial charge in [-0.1, -0.05) is 19.4 Å². The fourth-order valence-electron chi connectivity index (χ4n) is 2.21. The average Bonchev–Trinajstić information content (AvgIpc) is 2.65. The highest BCUT2D eigenvalue weighted by Crippen LogP contribution is 2.17. The zero-order valence-corrected chi connectivity index (χ0v) is 16.6. The fraction of sp³-hybridized carbons (Fsp3) is 0.650. The molecule has 6 nitrogen and oxygen atoms in total. The van der Waals surface area contributed by atoms with Crippen LogP contribution in [-0.2, 0) is 9.47 Å². The molecule has 2 N–H and O–H groups in total. The fourth-order valence-corrected chi connectivity index (χ4v) is 2.21. The molecular weight excluding hydrogens is 330 g/mol. The third-order valence-electron chi connectivity index (χ3n) is 3.56. The van der Waals surface area contributed by atoms with Gasteiger partial charge >= 0.3 is 0 Å². The number of hydrogen-bond donors (Lipinski definition) is 2. The summed E-state index contributed by atoms with van der Waals surface area (Å²) in [6.45, 7) is 8.72. The van der Waals surface area contributed by atoms with E-state index in [0.717, 1.165) is 63.0 Å². The number of hydrogen-bond acceptors (Lipinski definition) is 4. The summed E-state index contributed by atoms with van der Waals surface area (Å²) in [5.41, 5.74) is 0.952. The monoisotopic (exact) mass is 365 g/mol. The van der Waals surface area contributed by atoms with Crippen molar-refractivity contribution in [3.8, 4) is 5.75 Å². The first-order chi connectivity index (χ1) is 12.8. The Hall–Kier alpha value is -1.79. The predicted molar refractivity (Wildman–Crippen MR) is 108 cm³/mol. The van der Waals surface area contributed by atoms with Crippen LogP contribution in [0.25, 0.3) is 0 Å². The van der Waals surface area contributed by atoms with Gasteiger partial charge in [0.05, 0.1) is 6.61 Å². The van der Waals surface area contributed by atoms with Crippen molar-refractivity contribution in [2.75, 3.05) is 51.9 Å². The van der Waals surface area contributed by atoms with Crippen LogP contribution < -0.4 is 15.4 Å². The molecule has 26 heavy (non-hydrogen) atoms. The molecule has 148 valence electrons. The van der Waals surface area contributed by atoms with E-state index >= 15 is 0 Å². The maximum atomic E-state index is 5.74. The lowest BCUT2D eigenvalue weighted by Crippen LogP contribution is -2.30. The summed E-state index contributed by atoms with van der Waals surface area (Å²) in [6.07, 6.45) is 4.08. The number of nitrogens with one attached hydrogen (secondary N) is 2. The third-order valence-corrected chi connectivity index (χ3v) is 3.56. The molecule has 0 atom stereocenters. The molecule has 0 aliphatic rings. The molecule has 0 aromatic heterocycles. The number of unbranched alkanes of at least 4 members (excludes halogenated alkanes) is 1. The molecule has 1 rings (SSSR count). The number of aliphatic imine (C=N–C) groups is 1. The van der Waals surface area contributed by atoms with Crippen LogP contribution in [0.15, 0.2) is 29.3 Å². The number of benzene rings is 1. The van der Waals surface area contributed by atoms with Crippen molar-refractivity contribution in [1.82, 2.24) is 5.32 Å². The highest BCUT2D eigenvalue weighted by Gasteiger charge is 2.01. The van der Waals surface area contributed by atoms with Crippen LogP contribution in [0, 0.1) is 0 Å². The molecule has 0 aliphatic heterocycles. The minimum atomic E-state index is 0.642. The lowest BCUT2D eigenvalue weighted by Gasteiger charge is -2.13. The maximum Gasteiger partial charge on any atom is 0.195 e. The van der Waals surface area contributed by atoms with Crippen molar-refractivity contribution in [3.63, 3.8) is 0 Å². The first-order valence-corrected chi connectivity index (χ1v) is 9.65. The number of guanidine groups is 1. The van der Waals surface area contributed by atoms with E-state index in [1.807, 2.05) is 24.3 Å². The molecule has 0 heterocycles. The van der Waals surface area contributed by atoms with Gasteiger partial charge in [0.25, 0.3) is 0 Å². The molecule has 0 spiro atoms. The van der Waals surface area contributed by atoms with Crippen molar-refractivity contribution in [1.29, 1.82) is 0 Å². The Balaban J connectivity index is 2.43. The molecule has 1 aromatic rings. The van der Waals surface area contributed by atoms with E-state index in [4.69, 9.17) is 14.2 Å². The van der Waals surface area contributed by atoms with Gasteiger partial charge in [-0.15, -0.1) is 0 Å². The minimum absolute atomic E-state index is 0.642. The molecule has 0 saturated heterocycles. The first-order valence-electron chi connectivity index (χ1n) is 9.65. The Kier molecular flexibility index (Phi) is 13.2. The van der Waals surface area contributed by atoms with Gasteiger partial charge < -0.3 is 24.8 Å². The van der Waals surface area contributed by atoms with Gasteiger partial charge in [0.2, 0.25) is 0 Å². The van der Waals surface area contributed by atoms with Crippen LogP contribution in [0.2, 0.25) is 0 Å². The number of nitrogens with zero attached hydrogens (tertiary/aromatic N) is 1. The second kappa shape index (κ2) is 15.5. The number of rotatable bonds is 14. The molecule has 0 aliphatic carbocycles. The predicted octanol–water partition coefficient (Wildman–Crippen LogP) is 3.69. The smallest absolute Gasteiger partial charge is 0.195 e. The third kappa shape index (κ3) is 10.9. The van der Waals surface area contributed by atoms with Crippen LogP contribution in [-0.4, -0.2) is 52.6 Å². The van der Waals surface area contributed by atoms with Gasteiger partial charge in [-0.05, 0) is 31.9 Å². The van der Waals surface area contributed by atoms with Gasteiger partial charge in [-0.3, -0.25) is 4.99 Å². The van der Waals surface area contributed by atoms with Crippen LogP contribution >= 0.6 is 0 Å². The lowest BCUT2D eigenvalue weighted by molar-refractivity contribution is 0.130. The summed E-state index contributed by atoms with van der Waals surface area (Å²) in [5.74, 6) is 1.61. The molecule has 0 radical (unpaired) electrons. The summed E-state index contributed by atoms with van der Waals surface area (Å²) in [4.78, 5) is 4.60. The Morgan fingerprint density at radius 2 is 1.88 bits per heavy atom. The lowest BCUT2D eigenvalue weighted by atomic mass is 10.3. The van der Waals surface area contributed by atoms with Gasteiger partial charge in [0.1, 0.15) is 5.75 Å². The number of methoxy groups -OCH3 is 1. The SMILES string of the molecule is CCCCOCCCN=C(NCC)Nc1cccc(OCCCOC)c1. The quantitative estimate of drug-likeness (QED) is 0.299. The first kappa shape index (κ1) is 22.3. The van der Waals surface area contributed by atoms with Crippen LogP contribution in [0.1, 0.15) is 39.5 Å². The highest BCUT2D eigenvalue weighted by atomic mass is 16.5. The van der Waals surface area contributed by atoms with E-state index in [-0.39, 0.29) is 0 Å². The largest absolute Gasteiger partial charge is 0.493 e. The second-order valence-electron chi connectivity index (χ2n) is 5.93. The Labute approximate surface area is 158 Å². The summed E-state index contributed by atoms with van der Waals surface area (Å²) in [5, 5.41) is 6.59. The molecule has 0 bridgehead atoms. The zero-order chi connectivity index (χ0) is 18.9. The molecule has 0 fully saturated rings. The van der Waals surface area contributed by atoms with E-state index in [1.165, 1.54) is 6.42 Å². The normalized spacial score (nSPS) is 11.4. The van der Waals surface area contributed by atoms with Gasteiger partial charge in [0, 0.05) is 58.2 Å². The van der Waals surface area contributed by atoms with Gasteiger partial charge in [-0.2, -0.15) is 0 Å². The standard InChI is InChI=1S/C20H35N3O3/c1-4-6-14-25-15-8-12-22-20(21-5-2)23-18-10-7-11-19(17-18)26-16-9-13-24-3/h7,10-11,17H,4-6,8-9,12-16H2,1-3H3,(H2,21,22,23). The Morgan fingerprint density at radius 3 is 2.65 bits per heavy atom. The van der Waals surface area contributed by atoms with E-state index < -0.39 is 0 Å². The number of ether oxygens (including phenoxy) is 3. The summed E-state index contributed by atoms with van der Waals surface area (Å²) in [6, 6.07) is 7.91.